The Balaban J connectivity index is 1.83. The van der Waals surface area contributed by atoms with Crippen molar-refractivity contribution >= 4 is 0 Å². The second-order valence-corrected chi connectivity index (χ2v) is 4.66. The Hall–Kier alpha value is -0.870. The van der Waals surface area contributed by atoms with E-state index in [2.05, 4.69) is 16.9 Å². The smallest absolute Gasteiger partial charge is 0.194 e. The van der Waals surface area contributed by atoms with Crippen LogP contribution < -0.4 is 0 Å². The number of oxazole rings is 1. The summed E-state index contributed by atoms with van der Waals surface area (Å²) in [5.41, 5.74) is 0.866. The van der Waals surface area contributed by atoms with Gasteiger partial charge in [0.25, 0.3) is 0 Å². The molecule has 1 saturated heterocycles. The number of rotatable bonds is 4. The number of likely N-dealkylation sites (tertiary alicyclic amines) is 1. The zero-order valence-electron chi connectivity index (χ0n) is 9.85. The lowest BCUT2D eigenvalue weighted by molar-refractivity contribution is 0.212. The monoisotopic (exact) mass is 224 g/mol. The van der Waals surface area contributed by atoms with Crippen molar-refractivity contribution in [2.75, 3.05) is 26.7 Å². The van der Waals surface area contributed by atoms with Crippen LogP contribution in [0.4, 0.5) is 0 Å². The van der Waals surface area contributed by atoms with Crippen LogP contribution in [0.1, 0.15) is 24.4 Å². The first-order valence-electron chi connectivity index (χ1n) is 6.00. The predicted octanol–water partition coefficient (Wildman–Crippen LogP) is 1.09. The van der Waals surface area contributed by atoms with E-state index in [0.717, 1.165) is 18.0 Å². The number of aliphatic hydroxyl groups is 1. The Morgan fingerprint density at radius 1 is 1.50 bits per heavy atom. The van der Waals surface area contributed by atoms with Gasteiger partial charge in [-0.1, -0.05) is 0 Å². The molecule has 1 aliphatic heterocycles. The van der Waals surface area contributed by atoms with Gasteiger partial charge in [-0.05, 0) is 38.9 Å². The van der Waals surface area contributed by atoms with Crippen LogP contribution in [0.2, 0.25) is 0 Å². The highest BCUT2D eigenvalue weighted by Gasteiger charge is 2.18. The number of nitrogens with zero attached hydrogens (tertiary/aromatic N) is 2. The first kappa shape index (κ1) is 11.6. The van der Waals surface area contributed by atoms with E-state index < -0.39 is 0 Å². The summed E-state index contributed by atoms with van der Waals surface area (Å²) in [5, 5.41) is 8.79. The fourth-order valence-electron chi connectivity index (χ4n) is 2.19. The van der Waals surface area contributed by atoms with Gasteiger partial charge in [0.2, 0.25) is 0 Å². The lowest BCUT2D eigenvalue weighted by atomic mass is 9.94. The average Bonchev–Trinajstić information content (AvgIpc) is 2.70. The van der Waals surface area contributed by atoms with Gasteiger partial charge in [-0.2, -0.15) is 0 Å². The van der Waals surface area contributed by atoms with E-state index in [0.29, 0.717) is 12.3 Å². The Bertz CT molecular complexity index is 317. The molecule has 1 aliphatic rings. The molecule has 0 unspecified atom stereocenters. The van der Waals surface area contributed by atoms with Crippen LogP contribution in [-0.2, 0) is 12.8 Å². The summed E-state index contributed by atoms with van der Waals surface area (Å²) in [4.78, 5) is 6.74. The molecule has 0 spiro atoms. The van der Waals surface area contributed by atoms with Crippen molar-refractivity contribution in [3.05, 3.63) is 17.8 Å². The quantitative estimate of drug-likeness (QED) is 0.832. The van der Waals surface area contributed by atoms with Crippen molar-refractivity contribution in [2.24, 2.45) is 5.92 Å². The minimum absolute atomic E-state index is 0.139. The maximum absolute atomic E-state index is 8.79. The first-order chi connectivity index (χ1) is 7.78. The summed E-state index contributed by atoms with van der Waals surface area (Å²) in [7, 11) is 2.17. The van der Waals surface area contributed by atoms with Crippen LogP contribution in [0, 0.1) is 5.92 Å². The molecule has 1 aromatic heterocycles. The fraction of sp³-hybridized carbons (Fsp3) is 0.750. The lowest BCUT2D eigenvalue weighted by Crippen LogP contribution is -2.30. The minimum atomic E-state index is 0.139. The molecule has 2 rings (SSSR count). The van der Waals surface area contributed by atoms with Crippen LogP contribution in [-0.4, -0.2) is 41.7 Å². The van der Waals surface area contributed by atoms with Gasteiger partial charge in [0.15, 0.2) is 5.89 Å². The summed E-state index contributed by atoms with van der Waals surface area (Å²) in [6.07, 6.45) is 5.67. The van der Waals surface area contributed by atoms with Crippen molar-refractivity contribution in [1.29, 1.82) is 0 Å². The minimum Gasteiger partial charge on any atom is -0.449 e. The third kappa shape index (κ3) is 3.06. The maximum Gasteiger partial charge on any atom is 0.194 e. The van der Waals surface area contributed by atoms with Crippen molar-refractivity contribution in [2.45, 2.75) is 25.7 Å². The molecule has 1 aromatic rings. The molecule has 0 saturated carbocycles. The van der Waals surface area contributed by atoms with Crippen molar-refractivity contribution in [3.8, 4) is 0 Å². The highest BCUT2D eigenvalue weighted by atomic mass is 16.3. The number of aromatic nitrogens is 1. The molecule has 0 amide bonds. The number of hydrogen-bond donors (Lipinski definition) is 1. The van der Waals surface area contributed by atoms with Crippen molar-refractivity contribution < 1.29 is 9.52 Å². The van der Waals surface area contributed by atoms with Gasteiger partial charge in [-0.25, -0.2) is 4.98 Å². The van der Waals surface area contributed by atoms with Crippen LogP contribution in [0.3, 0.4) is 0 Å². The Morgan fingerprint density at radius 2 is 2.25 bits per heavy atom. The van der Waals surface area contributed by atoms with Crippen LogP contribution in [0.5, 0.6) is 0 Å². The number of aliphatic hydroxyl groups excluding tert-OH is 1. The van der Waals surface area contributed by atoms with E-state index in [1.165, 1.54) is 25.9 Å². The van der Waals surface area contributed by atoms with E-state index in [1.807, 2.05) is 0 Å². The summed E-state index contributed by atoms with van der Waals surface area (Å²) in [6.45, 7) is 2.49. The maximum atomic E-state index is 8.79. The molecule has 0 bridgehead atoms. The van der Waals surface area contributed by atoms with Gasteiger partial charge in [0.1, 0.15) is 6.26 Å². The standard InChI is InChI=1S/C12H20N2O2/c1-14-5-2-10(3-6-14)8-12-13-11(4-7-15)9-16-12/h9-10,15H,2-8H2,1H3. The van der Waals surface area contributed by atoms with Gasteiger partial charge in [0, 0.05) is 19.4 Å². The summed E-state index contributed by atoms with van der Waals surface area (Å²) >= 11 is 0. The Kier molecular flexibility index (Phi) is 3.96. The van der Waals surface area contributed by atoms with Gasteiger partial charge in [-0.15, -0.1) is 0 Å². The topological polar surface area (TPSA) is 49.5 Å². The zero-order valence-corrected chi connectivity index (χ0v) is 9.85. The zero-order chi connectivity index (χ0) is 11.4. The molecule has 90 valence electrons. The van der Waals surface area contributed by atoms with Crippen LogP contribution in [0.25, 0.3) is 0 Å². The molecule has 2 heterocycles. The van der Waals surface area contributed by atoms with Gasteiger partial charge >= 0.3 is 0 Å². The first-order valence-corrected chi connectivity index (χ1v) is 6.00. The van der Waals surface area contributed by atoms with Crippen LogP contribution >= 0.6 is 0 Å². The lowest BCUT2D eigenvalue weighted by Gasteiger charge is -2.28. The molecule has 16 heavy (non-hydrogen) atoms. The van der Waals surface area contributed by atoms with Crippen LogP contribution in [0.15, 0.2) is 10.7 Å². The van der Waals surface area contributed by atoms with Crippen molar-refractivity contribution in [3.63, 3.8) is 0 Å². The highest BCUT2D eigenvalue weighted by molar-refractivity contribution is 4.97. The average molecular weight is 224 g/mol. The largest absolute Gasteiger partial charge is 0.449 e. The van der Waals surface area contributed by atoms with E-state index in [9.17, 15) is 0 Å². The summed E-state index contributed by atoms with van der Waals surface area (Å²) in [6, 6.07) is 0. The number of hydrogen-bond acceptors (Lipinski definition) is 4. The molecule has 0 atom stereocenters. The molecule has 0 aromatic carbocycles. The van der Waals surface area contributed by atoms with E-state index >= 15 is 0 Å². The van der Waals surface area contributed by atoms with Gasteiger partial charge < -0.3 is 14.4 Å². The molecular formula is C12H20N2O2. The molecule has 4 heteroatoms. The predicted molar refractivity (Wildman–Crippen MR) is 61.2 cm³/mol. The highest BCUT2D eigenvalue weighted by Crippen LogP contribution is 2.20. The molecule has 4 nitrogen and oxygen atoms in total. The Morgan fingerprint density at radius 3 is 2.94 bits per heavy atom. The molecule has 1 fully saturated rings. The van der Waals surface area contributed by atoms with E-state index in [-0.39, 0.29) is 6.61 Å². The van der Waals surface area contributed by atoms with E-state index in [1.54, 1.807) is 6.26 Å². The Labute approximate surface area is 96.3 Å². The molecule has 0 aliphatic carbocycles. The normalized spacial score (nSPS) is 19.1. The number of piperidine rings is 1. The van der Waals surface area contributed by atoms with E-state index in [4.69, 9.17) is 9.52 Å². The third-order valence-electron chi connectivity index (χ3n) is 3.27. The summed E-state index contributed by atoms with van der Waals surface area (Å²) < 4.78 is 5.41. The third-order valence-corrected chi connectivity index (χ3v) is 3.27. The van der Waals surface area contributed by atoms with Gasteiger partial charge in [-0.3, -0.25) is 0 Å². The summed E-state index contributed by atoms with van der Waals surface area (Å²) in [5.74, 6) is 1.54. The molecule has 0 radical (unpaired) electrons. The second-order valence-electron chi connectivity index (χ2n) is 4.66. The second kappa shape index (κ2) is 5.46. The molecular weight excluding hydrogens is 204 g/mol. The van der Waals surface area contributed by atoms with Gasteiger partial charge in [0.05, 0.1) is 5.69 Å². The molecule has 1 N–H and O–H groups in total. The SMILES string of the molecule is CN1CCC(Cc2nc(CCO)co2)CC1. The van der Waals surface area contributed by atoms with Crippen molar-refractivity contribution in [1.82, 2.24) is 9.88 Å². The fourth-order valence-corrected chi connectivity index (χ4v) is 2.19.